The molecule has 0 heterocycles. The van der Waals surface area contributed by atoms with E-state index in [1.807, 2.05) is 24.3 Å². The van der Waals surface area contributed by atoms with E-state index in [2.05, 4.69) is 170 Å². The van der Waals surface area contributed by atoms with Gasteiger partial charge < -0.3 is 0 Å². The molecule has 0 spiro atoms. The Balaban J connectivity index is 1.21. The lowest BCUT2D eigenvalue weighted by atomic mass is 9.82. The van der Waals surface area contributed by atoms with Crippen molar-refractivity contribution < 1.29 is 0 Å². The summed E-state index contributed by atoms with van der Waals surface area (Å²) in [5.41, 5.74) is 15.7. The van der Waals surface area contributed by atoms with Crippen LogP contribution in [-0.4, -0.2) is 0 Å². The number of benzene rings is 11. The van der Waals surface area contributed by atoms with Crippen LogP contribution < -0.4 is 0 Å². The summed E-state index contributed by atoms with van der Waals surface area (Å²) in [5.74, 6) is 0. The average molecular weight is 731 g/mol. The largest absolute Gasteiger partial charge is 0.192 e. The Morgan fingerprint density at radius 2 is 0.724 bits per heavy atom. The van der Waals surface area contributed by atoms with Crippen molar-refractivity contribution in [3.63, 3.8) is 0 Å². The van der Waals surface area contributed by atoms with E-state index in [4.69, 9.17) is 0 Å². The zero-order chi connectivity index (χ0) is 38.5. The molecule has 1 aliphatic carbocycles. The summed E-state index contributed by atoms with van der Waals surface area (Å²) in [6.07, 6.45) is 0. The molecule has 0 radical (unpaired) electrons. The van der Waals surface area contributed by atoms with Crippen LogP contribution in [0.3, 0.4) is 0 Å². The number of nitriles is 2. The third kappa shape index (κ3) is 4.46. The first-order valence-electron chi connectivity index (χ1n) is 19.6. The summed E-state index contributed by atoms with van der Waals surface area (Å²) in [6.45, 7) is 0. The predicted molar refractivity (Wildman–Crippen MR) is 241 cm³/mol. The highest BCUT2D eigenvalue weighted by Crippen LogP contribution is 2.60. The molecule has 264 valence electrons. The van der Waals surface area contributed by atoms with E-state index >= 15 is 0 Å². The van der Waals surface area contributed by atoms with Crippen molar-refractivity contribution in [2.45, 2.75) is 0 Å². The van der Waals surface area contributed by atoms with Crippen LogP contribution in [0.4, 0.5) is 0 Å². The van der Waals surface area contributed by atoms with Gasteiger partial charge in [0.2, 0.25) is 0 Å². The summed E-state index contributed by atoms with van der Waals surface area (Å²) < 4.78 is 0. The molecule has 0 N–H and O–H groups in total. The molecular weight excluding hydrogens is 701 g/mol. The van der Waals surface area contributed by atoms with Gasteiger partial charge in [-0.2, -0.15) is 10.5 Å². The first kappa shape index (κ1) is 32.2. The second-order valence-corrected chi connectivity index (χ2v) is 15.3. The van der Waals surface area contributed by atoms with Crippen LogP contribution in [0, 0.1) is 22.7 Å². The molecule has 1 aliphatic rings. The maximum atomic E-state index is 9.52. The van der Waals surface area contributed by atoms with Crippen molar-refractivity contribution in [3.8, 4) is 78.9 Å². The molecule has 0 saturated heterocycles. The minimum atomic E-state index is 0.655. The number of nitrogens with zero attached hydrogens (tertiary/aromatic N) is 2. The molecule has 0 unspecified atom stereocenters. The molecule has 0 atom stereocenters. The maximum Gasteiger partial charge on any atom is 0.0991 e. The van der Waals surface area contributed by atoms with Crippen molar-refractivity contribution in [2.75, 3.05) is 0 Å². The summed E-state index contributed by atoms with van der Waals surface area (Å²) in [6, 6.07) is 69.8. The molecular formula is C56H30N2. The number of rotatable bonds is 4. The van der Waals surface area contributed by atoms with Crippen molar-refractivity contribution in [3.05, 3.63) is 193 Å². The van der Waals surface area contributed by atoms with Gasteiger partial charge in [-0.25, -0.2) is 0 Å². The van der Waals surface area contributed by atoms with Crippen molar-refractivity contribution in [1.82, 2.24) is 0 Å². The van der Waals surface area contributed by atoms with Crippen LogP contribution in [0.2, 0.25) is 0 Å². The Bertz CT molecular complexity index is 3570. The lowest BCUT2D eigenvalue weighted by molar-refractivity contribution is 1.48. The summed E-state index contributed by atoms with van der Waals surface area (Å²) in [5, 5.41) is 31.5. The van der Waals surface area contributed by atoms with Gasteiger partial charge in [-0.1, -0.05) is 152 Å². The van der Waals surface area contributed by atoms with Gasteiger partial charge in [0.15, 0.2) is 0 Å². The van der Waals surface area contributed by atoms with Crippen LogP contribution in [-0.2, 0) is 0 Å². The van der Waals surface area contributed by atoms with Crippen LogP contribution in [0.1, 0.15) is 11.1 Å². The molecule has 0 bridgehead atoms. The van der Waals surface area contributed by atoms with E-state index in [-0.39, 0.29) is 0 Å². The lowest BCUT2D eigenvalue weighted by Crippen LogP contribution is -1.94. The van der Waals surface area contributed by atoms with Gasteiger partial charge in [-0.3, -0.25) is 0 Å². The minimum absolute atomic E-state index is 0.655. The smallest absolute Gasteiger partial charge is 0.0991 e. The Morgan fingerprint density at radius 1 is 0.259 bits per heavy atom. The zero-order valence-corrected chi connectivity index (χ0v) is 31.2. The quantitative estimate of drug-likeness (QED) is 0.134. The van der Waals surface area contributed by atoms with Gasteiger partial charge in [0.05, 0.1) is 23.3 Å². The van der Waals surface area contributed by atoms with Crippen molar-refractivity contribution in [2.24, 2.45) is 0 Å². The maximum absolute atomic E-state index is 9.52. The lowest BCUT2D eigenvalue weighted by Gasteiger charge is -2.21. The third-order valence-electron chi connectivity index (χ3n) is 12.4. The number of fused-ring (bicyclic) bond motifs is 6. The Kier molecular flexibility index (Phi) is 6.80. The minimum Gasteiger partial charge on any atom is -0.192 e. The van der Waals surface area contributed by atoms with Gasteiger partial charge in [-0.15, -0.1) is 0 Å². The Labute approximate surface area is 335 Å². The Morgan fingerprint density at radius 3 is 1.31 bits per heavy atom. The summed E-state index contributed by atoms with van der Waals surface area (Å²) >= 11 is 0. The fourth-order valence-corrected chi connectivity index (χ4v) is 9.95. The Hall–Kier alpha value is -8.04. The highest BCUT2D eigenvalue weighted by molar-refractivity contribution is 6.39. The number of hydrogen-bond donors (Lipinski definition) is 0. The van der Waals surface area contributed by atoms with E-state index < -0.39 is 0 Å². The molecule has 58 heavy (non-hydrogen) atoms. The van der Waals surface area contributed by atoms with Gasteiger partial charge in [0, 0.05) is 0 Å². The standard InChI is InChI=1S/C56H30N2/c57-31-33-14-18-35(19-15-33)39-22-23-46-49(30-39)51(38-10-5-2-6-11-38)56-48-28-26-44-42-13-7-12-41-40(36-20-16-34(32-58)17-21-36)24-25-43(52(41)42)45-27-29-47(54(48)53(44)45)55(56)50(46)37-8-3-1-4-9-37/h1-30H. The highest BCUT2D eigenvalue weighted by Gasteiger charge is 2.32. The molecule has 0 aliphatic heterocycles. The van der Waals surface area contributed by atoms with Gasteiger partial charge in [-0.05, 0) is 151 Å². The van der Waals surface area contributed by atoms with Gasteiger partial charge in [0.25, 0.3) is 0 Å². The van der Waals surface area contributed by atoms with Gasteiger partial charge in [0.1, 0.15) is 0 Å². The molecule has 2 heteroatoms. The molecule has 11 aromatic rings. The van der Waals surface area contributed by atoms with Crippen LogP contribution >= 0.6 is 0 Å². The first-order chi connectivity index (χ1) is 28.7. The summed E-state index contributed by atoms with van der Waals surface area (Å²) in [7, 11) is 0. The number of hydrogen-bond acceptors (Lipinski definition) is 2. The first-order valence-corrected chi connectivity index (χ1v) is 19.6. The zero-order valence-electron chi connectivity index (χ0n) is 31.2. The van der Waals surface area contributed by atoms with Crippen molar-refractivity contribution >= 4 is 53.9 Å². The SMILES string of the molecule is N#Cc1ccc(-c2ccc3c(-c4ccccc4)c4c(c(-c5ccccc5)c3c2)-c2ccc3c5cccc6c(-c7ccc(C#N)cc7)ccc(c7ccc-4c2c37)c65)cc1. The molecule has 0 fully saturated rings. The molecule has 2 nitrogen and oxygen atoms in total. The van der Waals surface area contributed by atoms with Gasteiger partial charge >= 0.3 is 0 Å². The van der Waals surface area contributed by atoms with E-state index in [0.717, 1.165) is 16.7 Å². The molecule has 0 amide bonds. The average Bonchev–Trinajstić information content (AvgIpc) is 3.63. The van der Waals surface area contributed by atoms with Crippen LogP contribution in [0.15, 0.2) is 182 Å². The molecule has 0 aromatic heterocycles. The summed E-state index contributed by atoms with van der Waals surface area (Å²) in [4.78, 5) is 0. The highest BCUT2D eigenvalue weighted by atomic mass is 14.3. The van der Waals surface area contributed by atoms with E-state index in [0.29, 0.717) is 11.1 Å². The fraction of sp³-hybridized carbons (Fsp3) is 0. The topological polar surface area (TPSA) is 47.6 Å². The second-order valence-electron chi connectivity index (χ2n) is 15.3. The third-order valence-corrected chi connectivity index (χ3v) is 12.4. The predicted octanol–water partition coefficient (Wildman–Crippen LogP) is 14.9. The van der Waals surface area contributed by atoms with E-state index in [1.54, 1.807) is 0 Å². The molecule has 12 rings (SSSR count). The van der Waals surface area contributed by atoms with Crippen LogP contribution in [0.25, 0.3) is 121 Å². The molecule has 11 aromatic carbocycles. The van der Waals surface area contributed by atoms with Crippen molar-refractivity contribution in [1.29, 1.82) is 10.5 Å². The monoisotopic (exact) mass is 730 g/mol. The molecule has 0 saturated carbocycles. The fourth-order valence-electron chi connectivity index (χ4n) is 9.95. The van der Waals surface area contributed by atoms with Crippen LogP contribution in [0.5, 0.6) is 0 Å². The second kappa shape index (κ2) is 12.2. The normalized spacial score (nSPS) is 11.8. The van der Waals surface area contributed by atoms with E-state index in [9.17, 15) is 10.5 Å². The van der Waals surface area contributed by atoms with E-state index in [1.165, 1.54) is 104 Å².